The summed E-state index contributed by atoms with van der Waals surface area (Å²) in [7, 11) is 0. The molecule has 1 aromatic carbocycles. The molecule has 0 radical (unpaired) electrons. The summed E-state index contributed by atoms with van der Waals surface area (Å²) in [6, 6.07) is 6.84. The lowest BCUT2D eigenvalue weighted by molar-refractivity contribution is -0.148. The molecule has 102 valence electrons. The summed E-state index contributed by atoms with van der Waals surface area (Å²) in [5, 5.41) is 18.6. The lowest BCUT2D eigenvalue weighted by Gasteiger charge is -2.24. The first-order chi connectivity index (χ1) is 9.00. The molecule has 0 aromatic heterocycles. The summed E-state index contributed by atoms with van der Waals surface area (Å²) in [6.45, 7) is 0.0103. The van der Waals surface area contributed by atoms with Gasteiger partial charge in [-0.3, -0.25) is 4.79 Å². The van der Waals surface area contributed by atoms with Gasteiger partial charge in [0.25, 0.3) is 0 Å². The van der Waals surface area contributed by atoms with Crippen molar-refractivity contribution in [3.05, 3.63) is 35.9 Å². The minimum atomic E-state index is -1.12. The Morgan fingerprint density at radius 3 is 2.53 bits per heavy atom. The molecular weight excluding hydrogens is 248 g/mol. The van der Waals surface area contributed by atoms with Crippen LogP contribution < -0.4 is 5.73 Å². The standard InChI is InChI=1S/C13H16N2O4/c14-11(8-4-2-1-3-5-8)12(17)15-7-9(16)6-10(15)13(18)19/h1-5,9-11,16H,6-7,14H2,(H,18,19)/t9?,10?,11-/m0/s1. The highest BCUT2D eigenvalue weighted by atomic mass is 16.4. The molecule has 1 aliphatic rings. The molecule has 0 aliphatic carbocycles. The smallest absolute Gasteiger partial charge is 0.326 e. The molecule has 0 saturated carbocycles. The van der Waals surface area contributed by atoms with E-state index in [1.54, 1.807) is 30.3 Å². The Bertz CT molecular complexity index is 477. The number of hydrogen-bond acceptors (Lipinski definition) is 4. The number of nitrogens with zero attached hydrogens (tertiary/aromatic N) is 1. The van der Waals surface area contributed by atoms with Crippen molar-refractivity contribution in [2.24, 2.45) is 5.73 Å². The molecule has 6 heteroatoms. The van der Waals surface area contributed by atoms with Gasteiger partial charge in [-0.15, -0.1) is 0 Å². The highest BCUT2D eigenvalue weighted by Crippen LogP contribution is 2.22. The maximum absolute atomic E-state index is 12.2. The second-order valence-electron chi connectivity index (χ2n) is 4.62. The van der Waals surface area contributed by atoms with Crippen LogP contribution in [0.15, 0.2) is 30.3 Å². The van der Waals surface area contributed by atoms with Gasteiger partial charge in [-0.1, -0.05) is 30.3 Å². The van der Waals surface area contributed by atoms with Crippen molar-refractivity contribution < 1.29 is 19.8 Å². The van der Waals surface area contributed by atoms with Gasteiger partial charge in [0.1, 0.15) is 12.1 Å². The average molecular weight is 264 g/mol. The molecular formula is C13H16N2O4. The van der Waals surface area contributed by atoms with E-state index >= 15 is 0 Å². The van der Waals surface area contributed by atoms with E-state index in [1.807, 2.05) is 0 Å². The molecule has 1 heterocycles. The minimum absolute atomic E-state index is 0.0103. The quantitative estimate of drug-likeness (QED) is 0.697. The van der Waals surface area contributed by atoms with Gasteiger partial charge in [0.2, 0.25) is 5.91 Å². The largest absolute Gasteiger partial charge is 0.480 e. The van der Waals surface area contributed by atoms with Crippen molar-refractivity contribution in [2.75, 3.05) is 6.54 Å². The van der Waals surface area contributed by atoms with E-state index in [1.165, 1.54) is 0 Å². The topological polar surface area (TPSA) is 104 Å². The van der Waals surface area contributed by atoms with E-state index in [4.69, 9.17) is 10.8 Å². The first kappa shape index (κ1) is 13.5. The fourth-order valence-corrected chi connectivity index (χ4v) is 2.27. The van der Waals surface area contributed by atoms with E-state index in [2.05, 4.69) is 0 Å². The highest BCUT2D eigenvalue weighted by Gasteiger charge is 2.40. The van der Waals surface area contributed by atoms with Crippen LogP contribution in [0.5, 0.6) is 0 Å². The van der Waals surface area contributed by atoms with Crippen molar-refractivity contribution in [1.82, 2.24) is 4.90 Å². The minimum Gasteiger partial charge on any atom is -0.480 e. The van der Waals surface area contributed by atoms with Crippen LogP contribution in [0.3, 0.4) is 0 Å². The van der Waals surface area contributed by atoms with Crippen molar-refractivity contribution in [1.29, 1.82) is 0 Å². The number of aliphatic hydroxyl groups excluding tert-OH is 1. The van der Waals surface area contributed by atoms with Gasteiger partial charge in [0, 0.05) is 13.0 Å². The highest BCUT2D eigenvalue weighted by molar-refractivity contribution is 5.88. The molecule has 19 heavy (non-hydrogen) atoms. The number of carboxylic acids is 1. The van der Waals surface area contributed by atoms with Gasteiger partial charge in [-0.05, 0) is 5.56 Å². The van der Waals surface area contributed by atoms with Gasteiger partial charge < -0.3 is 20.8 Å². The molecule has 4 N–H and O–H groups in total. The Kier molecular flexibility index (Phi) is 3.82. The number of aliphatic carboxylic acids is 1. The molecule has 1 aliphatic heterocycles. The van der Waals surface area contributed by atoms with E-state index in [-0.39, 0.29) is 13.0 Å². The van der Waals surface area contributed by atoms with Gasteiger partial charge in [-0.2, -0.15) is 0 Å². The number of amides is 1. The first-order valence-electron chi connectivity index (χ1n) is 6.02. The molecule has 1 fully saturated rings. The third-order valence-corrected chi connectivity index (χ3v) is 3.27. The maximum Gasteiger partial charge on any atom is 0.326 e. The number of benzene rings is 1. The van der Waals surface area contributed by atoms with Crippen LogP contribution in [-0.2, 0) is 9.59 Å². The van der Waals surface area contributed by atoms with E-state index < -0.39 is 30.1 Å². The van der Waals surface area contributed by atoms with Crippen LogP contribution in [-0.4, -0.2) is 45.7 Å². The molecule has 2 rings (SSSR count). The summed E-state index contributed by atoms with van der Waals surface area (Å²) < 4.78 is 0. The van der Waals surface area contributed by atoms with Crippen molar-refractivity contribution in [3.63, 3.8) is 0 Å². The zero-order valence-electron chi connectivity index (χ0n) is 10.3. The number of nitrogens with two attached hydrogens (primary N) is 1. The number of rotatable bonds is 3. The van der Waals surface area contributed by atoms with Crippen LogP contribution >= 0.6 is 0 Å². The van der Waals surface area contributed by atoms with Crippen LogP contribution in [0.4, 0.5) is 0 Å². The van der Waals surface area contributed by atoms with Gasteiger partial charge in [0.15, 0.2) is 0 Å². The third kappa shape index (κ3) is 2.74. The number of carboxylic acid groups (broad SMARTS) is 1. The van der Waals surface area contributed by atoms with Crippen LogP contribution in [0, 0.1) is 0 Å². The monoisotopic (exact) mass is 264 g/mol. The second kappa shape index (κ2) is 5.38. The maximum atomic E-state index is 12.2. The number of hydrogen-bond donors (Lipinski definition) is 3. The molecule has 1 saturated heterocycles. The lowest BCUT2D eigenvalue weighted by Crippen LogP contribution is -2.45. The predicted octanol–water partition coefficient (Wildman–Crippen LogP) is -0.267. The third-order valence-electron chi connectivity index (χ3n) is 3.27. The van der Waals surface area contributed by atoms with Gasteiger partial charge >= 0.3 is 5.97 Å². The molecule has 0 bridgehead atoms. The Hall–Kier alpha value is -1.92. The zero-order valence-corrected chi connectivity index (χ0v) is 10.3. The number of β-amino-alcohol motifs (C(OH)–C–C–N with tert-alkyl or cyclic N) is 1. The molecule has 1 amide bonds. The van der Waals surface area contributed by atoms with Gasteiger partial charge in [-0.25, -0.2) is 4.79 Å². The van der Waals surface area contributed by atoms with E-state index in [0.29, 0.717) is 5.56 Å². The summed E-state index contributed by atoms with van der Waals surface area (Å²) in [6.07, 6.45) is -0.768. The van der Waals surface area contributed by atoms with E-state index in [9.17, 15) is 14.7 Å². The number of carbonyl (C=O) groups excluding carboxylic acids is 1. The summed E-state index contributed by atoms with van der Waals surface area (Å²) in [4.78, 5) is 24.5. The van der Waals surface area contributed by atoms with E-state index in [0.717, 1.165) is 4.90 Å². The average Bonchev–Trinajstić information content (AvgIpc) is 2.80. The fourth-order valence-electron chi connectivity index (χ4n) is 2.27. The normalized spacial score (nSPS) is 24.2. The number of aliphatic hydroxyl groups is 1. The van der Waals surface area contributed by atoms with Crippen LogP contribution in [0.2, 0.25) is 0 Å². The summed E-state index contributed by atoms with van der Waals surface area (Å²) >= 11 is 0. The number of likely N-dealkylation sites (tertiary alicyclic amines) is 1. The Labute approximate surface area is 110 Å². The molecule has 2 unspecified atom stereocenters. The Balaban J connectivity index is 2.17. The van der Waals surface area contributed by atoms with Crippen LogP contribution in [0.1, 0.15) is 18.0 Å². The molecule has 3 atom stereocenters. The number of carbonyl (C=O) groups is 2. The van der Waals surface area contributed by atoms with Crippen LogP contribution in [0.25, 0.3) is 0 Å². The van der Waals surface area contributed by atoms with Crippen molar-refractivity contribution in [2.45, 2.75) is 24.6 Å². The SMILES string of the molecule is N[C@H](C(=O)N1CC(O)CC1C(=O)O)c1ccccc1. The molecule has 0 spiro atoms. The summed E-state index contributed by atoms with van der Waals surface area (Å²) in [5.74, 6) is -1.60. The Morgan fingerprint density at radius 1 is 1.32 bits per heavy atom. The molecule has 1 aromatic rings. The second-order valence-corrected chi connectivity index (χ2v) is 4.62. The fraction of sp³-hybridized carbons (Fsp3) is 0.385. The zero-order chi connectivity index (χ0) is 14.0. The molecule has 6 nitrogen and oxygen atoms in total. The van der Waals surface area contributed by atoms with Crippen molar-refractivity contribution in [3.8, 4) is 0 Å². The first-order valence-corrected chi connectivity index (χ1v) is 6.02. The summed E-state index contributed by atoms with van der Waals surface area (Å²) in [5.41, 5.74) is 6.48. The van der Waals surface area contributed by atoms with Crippen molar-refractivity contribution >= 4 is 11.9 Å². The van der Waals surface area contributed by atoms with Gasteiger partial charge in [0.05, 0.1) is 6.10 Å². The Morgan fingerprint density at radius 2 is 1.95 bits per heavy atom. The lowest BCUT2D eigenvalue weighted by atomic mass is 10.1. The predicted molar refractivity (Wildman–Crippen MR) is 67.1 cm³/mol.